The molecule has 0 aliphatic carbocycles. The second-order valence-corrected chi connectivity index (χ2v) is 7.02. The molecule has 4 rings (SSSR count). The number of likely N-dealkylation sites (tertiary alicyclic amines) is 1. The van der Waals surface area contributed by atoms with Crippen LogP contribution in [0, 0.1) is 5.92 Å². The summed E-state index contributed by atoms with van der Waals surface area (Å²) >= 11 is 0. The van der Waals surface area contributed by atoms with Crippen molar-refractivity contribution in [2.75, 3.05) is 13.1 Å². The molecule has 0 unspecified atom stereocenters. The van der Waals surface area contributed by atoms with Gasteiger partial charge in [-0.1, -0.05) is 18.2 Å². The van der Waals surface area contributed by atoms with Gasteiger partial charge in [-0.3, -0.25) is 14.5 Å². The molecule has 8 nitrogen and oxygen atoms in total. The van der Waals surface area contributed by atoms with Crippen LogP contribution in [0.2, 0.25) is 0 Å². The molecule has 1 saturated heterocycles. The number of carbonyl (C=O) groups is 1. The van der Waals surface area contributed by atoms with E-state index in [1.165, 1.54) is 0 Å². The fourth-order valence-electron chi connectivity index (χ4n) is 3.43. The van der Waals surface area contributed by atoms with Crippen LogP contribution >= 0.6 is 0 Å². The van der Waals surface area contributed by atoms with E-state index in [4.69, 9.17) is 0 Å². The van der Waals surface area contributed by atoms with Crippen LogP contribution in [-0.4, -0.2) is 53.8 Å². The third-order valence-corrected chi connectivity index (χ3v) is 5.08. The molecule has 0 spiro atoms. The minimum Gasteiger partial charge on any atom is -0.339 e. The number of nitrogens with zero attached hydrogens (tertiary/aromatic N) is 7. The molecule has 1 aliphatic heterocycles. The monoisotopic (exact) mass is 377 g/mol. The van der Waals surface area contributed by atoms with Gasteiger partial charge in [-0.2, -0.15) is 0 Å². The zero-order valence-corrected chi connectivity index (χ0v) is 15.9. The lowest BCUT2D eigenvalue weighted by atomic mass is 9.96. The number of amides is 1. The molecule has 0 radical (unpaired) electrons. The van der Waals surface area contributed by atoms with Crippen molar-refractivity contribution >= 4 is 5.91 Å². The van der Waals surface area contributed by atoms with Crippen LogP contribution in [0.5, 0.6) is 0 Å². The first-order valence-electron chi connectivity index (χ1n) is 9.64. The molecule has 3 aromatic rings. The lowest BCUT2D eigenvalue weighted by Crippen LogP contribution is -2.39. The van der Waals surface area contributed by atoms with Crippen molar-refractivity contribution in [3.8, 4) is 11.4 Å². The van der Waals surface area contributed by atoms with Gasteiger partial charge in [0.25, 0.3) is 5.91 Å². The standard InChI is InChI=1S/C20H23N7O/c1-2-19-22-11-16(12-23-19)20(28)26-9-6-15(7-10-26)13-27-14-18(24-25-27)17-5-3-4-8-21-17/h3-5,8,11-12,14-15H,2,6-7,9-10,13H2,1H3. The number of hydrogen-bond acceptors (Lipinski definition) is 6. The molecule has 1 fully saturated rings. The van der Waals surface area contributed by atoms with Gasteiger partial charge in [0.15, 0.2) is 0 Å². The highest BCUT2D eigenvalue weighted by molar-refractivity contribution is 5.93. The third kappa shape index (κ3) is 4.05. The van der Waals surface area contributed by atoms with Gasteiger partial charge in [-0.15, -0.1) is 5.10 Å². The third-order valence-electron chi connectivity index (χ3n) is 5.08. The normalized spacial score (nSPS) is 15.0. The molecule has 0 aromatic carbocycles. The van der Waals surface area contributed by atoms with E-state index in [1.54, 1.807) is 18.6 Å². The molecule has 144 valence electrons. The number of aryl methyl sites for hydroxylation is 1. The molecular formula is C20H23N7O. The van der Waals surface area contributed by atoms with Gasteiger partial charge in [0.05, 0.1) is 17.5 Å². The van der Waals surface area contributed by atoms with Crippen molar-refractivity contribution in [2.24, 2.45) is 5.92 Å². The zero-order chi connectivity index (χ0) is 19.3. The summed E-state index contributed by atoms with van der Waals surface area (Å²) in [5.74, 6) is 1.24. The van der Waals surface area contributed by atoms with Gasteiger partial charge >= 0.3 is 0 Å². The first-order chi connectivity index (χ1) is 13.7. The Morgan fingerprint density at radius 1 is 1.11 bits per heavy atom. The van der Waals surface area contributed by atoms with Gasteiger partial charge < -0.3 is 4.90 Å². The van der Waals surface area contributed by atoms with E-state index in [2.05, 4.69) is 25.3 Å². The van der Waals surface area contributed by atoms with Crippen molar-refractivity contribution in [1.82, 2.24) is 34.8 Å². The summed E-state index contributed by atoms with van der Waals surface area (Å²) in [7, 11) is 0. The molecule has 0 N–H and O–H groups in total. The average molecular weight is 377 g/mol. The van der Waals surface area contributed by atoms with Crippen molar-refractivity contribution in [3.63, 3.8) is 0 Å². The molecule has 28 heavy (non-hydrogen) atoms. The van der Waals surface area contributed by atoms with Crippen LogP contribution in [-0.2, 0) is 13.0 Å². The highest BCUT2D eigenvalue weighted by Crippen LogP contribution is 2.21. The van der Waals surface area contributed by atoms with E-state index in [0.717, 1.165) is 56.1 Å². The van der Waals surface area contributed by atoms with Crippen molar-refractivity contribution in [3.05, 3.63) is 54.4 Å². The van der Waals surface area contributed by atoms with Crippen LogP contribution in [0.15, 0.2) is 43.0 Å². The second-order valence-electron chi connectivity index (χ2n) is 7.02. The highest BCUT2D eigenvalue weighted by Gasteiger charge is 2.24. The van der Waals surface area contributed by atoms with Crippen LogP contribution in [0.4, 0.5) is 0 Å². The predicted octanol–water partition coefficient (Wildman–Crippen LogP) is 2.24. The van der Waals surface area contributed by atoms with E-state index < -0.39 is 0 Å². The van der Waals surface area contributed by atoms with Gasteiger partial charge in [0.1, 0.15) is 11.5 Å². The SMILES string of the molecule is CCc1ncc(C(=O)N2CCC(Cn3cc(-c4ccccn4)nn3)CC2)cn1. The van der Waals surface area contributed by atoms with Crippen molar-refractivity contribution in [2.45, 2.75) is 32.7 Å². The van der Waals surface area contributed by atoms with Gasteiger partial charge in [0, 0.05) is 44.6 Å². The van der Waals surface area contributed by atoms with Gasteiger partial charge in [0.2, 0.25) is 0 Å². The minimum atomic E-state index is 0.0132. The maximum atomic E-state index is 12.6. The summed E-state index contributed by atoms with van der Waals surface area (Å²) in [6.45, 7) is 4.27. The largest absolute Gasteiger partial charge is 0.339 e. The molecule has 1 aliphatic rings. The highest BCUT2D eigenvalue weighted by atomic mass is 16.2. The van der Waals surface area contributed by atoms with Crippen LogP contribution in [0.1, 0.15) is 35.9 Å². The summed E-state index contributed by atoms with van der Waals surface area (Å²) < 4.78 is 1.88. The van der Waals surface area contributed by atoms with Crippen LogP contribution in [0.25, 0.3) is 11.4 Å². The molecule has 1 amide bonds. The van der Waals surface area contributed by atoms with E-state index in [1.807, 2.05) is 40.9 Å². The molecule has 3 aromatic heterocycles. The fourth-order valence-corrected chi connectivity index (χ4v) is 3.43. The lowest BCUT2D eigenvalue weighted by molar-refractivity contribution is 0.0680. The maximum Gasteiger partial charge on any atom is 0.256 e. The summed E-state index contributed by atoms with van der Waals surface area (Å²) in [6, 6.07) is 5.75. The Kier molecular flexibility index (Phi) is 5.36. The van der Waals surface area contributed by atoms with E-state index in [9.17, 15) is 4.79 Å². The van der Waals surface area contributed by atoms with E-state index in [0.29, 0.717) is 11.5 Å². The summed E-state index contributed by atoms with van der Waals surface area (Å²) in [5.41, 5.74) is 2.17. The Morgan fingerprint density at radius 3 is 2.57 bits per heavy atom. The molecule has 4 heterocycles. The van der Waals surface area contributed by atoms with Gasteiger partial charge in [-0.05, 0) is 30.9 Å². The predicted molar refractivity (Wildman–Crippen MR) is 103 cm³/mol. The number of carbonyl (C=O) groups excluding carboxylic acids is 1. The van der Waals surface area contributed by atoms with E-state index in [-0.39, 0.29) is 5.91 Å². The Bertz CT molecular complexity index is 915. The molecule has 0 saturated carbocycles. The first kappa shape index (κ1) is 18.2. The molecular weight excluding hydrogens is 354 g/mol. The maximum absolute atomic E-state index is 12.6. The Hall–Kier alpha value is -3.16. The fraction of sp³-hybridized carbons (Fsp3) is 0.400. The molecule has 0 bridgehead atoms. The Balaban J connectivity index is 1.32. The average Bonchev–Trinajstić information content (AvgIpc) is 3.23. The minimum absolute atomic E-state index is 0.0132. The molecule has 8 heteroatoms. The van der Waals surface area contributed by atoms with E-state index >= 15 is 0 Å². The number of piperidine rings is 1. The zero-order valence-electron chi connectivity index (χ0n) is 15.9. The molecule has 0 atom stereocenters. The second kappa shape index (κ2) is 8.24. The van der Waals surface area contributed by atoms with Crippen LogP contribution in [0.3, 0.4) is 0 Å². The Morgan fingerprint density at radius 2 is 1.89 bits per heavy atom. The first-order valence-corrected chi connectivity index (χ1v) is 9.64. The van der Waals surface area contributed by atoms with Gasteiger partial charge in [-0.25, -0.2) is 9.97 Å². The number of pyridine rings is 1. The number of aromatic nitrogens is 6. The lowest BCUT2D eigenvalue weighted by Gasteiger charge is -2.31. The number of hydrogen-bond donors (Lipinski definition) is 0. The summed E-state index contributed by atoms with van der Waals surface area (Å²) in [6.07, 6.45) is 9.61. The Labute approximate surface area is 163 Å². The van der Waals surface area contributed by atoms with Crippen LogP contribution < -0.4 is 0 Å². The summed E-state index contributed by atoms with van der Waals surface area (Å²) in [4.78, 5) is 27.3. The summed E-state index contributed by atoms with van der Waals surface area (Å²) in [5, 5.41) is 8.46. The topological polar surface area (TPSA) is 89.7 Å². The smallest absolute Gasteiger partial charge is 0.256 e. The number of rotatable bonds is 5. The van der Waals surface area contributed by atoms with Crippen molar-refractivity contribution < 1.29 is 4.79 Å². The quantitative estimate of drug-likeness (QED) is 0.677. The van der Waals surface area contributed by atoms with Crippen molar-refractivity contribution in [1.29, 1.82) is 0 Å².